The van der Waals surface area contributed by atoms with Gasteiger partial charge in [-0.25, -0.2) is 4.90 Å². The van der Waals surface area contributed by atoms with Gasteiger partial charge in [0.25, 0.3) is 0 Å². The monoisotopic (exact) mass is 481 g/mol. The van der Waals surface area contributed by atoms with Gasteiger partial charge in [0.05, 0.1) is 11.6 Å². The van der Waals surface area contributed by atoms with Crippen LogP contribution in [0.3, 0.4) is 0 Å². The highest BCUT2D eigenvalue weighted by Crippen LogP contribution is 2.54. The third-order valence-electron chi connectivity index (χ3n) is 8.14. The molecule has 2 heterocycles. The van der Waals surface area contributed by atoms with E-state index in [9.17, 15) is 9.59 Å². The predicted octanol–water partition coefficient (Wildman–Crippen LogP) is 6.97. The number of nitrogens with zero attached hydrogens (tertiary/aromatic N) is 1. The Kier molecular flexibility index (Phi) is 5.82. The molecule has 0 aromatic heterocycles. The summed E-state index contributed by atoms with van der Waals surface area (Å²) in [5.74, 6) is 0.542. The zero-order valence-corrected chi connectivity index (χ0v) is 22.4. The molecule has 4 heteroatoms. The van der Waals surface area contributed by atoms with Gasteiger partial charge in [-0.3, -0.25) is 9.59 Å². The molecule has 5 rings (SSSR count). The molecule has 36 heavy (non-hydrogen) atoms. The van der Waals surface area contributed by atoms with Crippen molar-refractivity contribution in [2.75, 3.05) is 4.90 Å². The molecule has 1 saturated heterocycles. The molecule has 0 saturated carbocycles. The first kappa shape index (κ1) is 24.3. The molecule has 0 bridgehead atoms. The molecule has 2 aliphatic heterocycles. The summed E-state index contributed by atoms with van der Waals surface area (Å²) in [5.41, 5.74) is 8.86. The van der Waals surface area contributed by atoms with E-state index in [1.165, 1.54) is 21.6 Å². The fourth-order valence-corrected chi connectivity index (χ4v) is 6.08. The maximum atomic E-state index is 13.6. The van der Waals surface area contributed by atoms with Crippen molar-refractivity contribution in [1.29, 1.82) is 0 Å². The molecular formula is C32H35NO3. The van der Waals surface area contributed by atoms with Crippen molar-refractivity contribution in [2.24, 2.45) is 0 Å². The summed E-state index contributed by atoms with van der Waals surface area (Å²) in [4.78, 5) is 28.6. The van der Waals surface area contributed by atoms with Crippen LogP contribution in [0, 0.1) is 34.6 Å². The summed E-state index contributed by atoms with van der Waals surface area (Å²) in [7, 11) is 0. The van der Waals surface area contributed by atoms with Gasteiger partial charge in [-0.2, -0.15) is 0 Å². The van der Waals surface area contributed by atoms with Crippen molar-refractivity contribution < 1.29 is 14.3 Å². The molecule has 0 spiro atoms. The molecule has 0 N–H and O–H groups in total. The first-order chi connectivity index (χ1) is 17.0. The van der Waals surface area contributed by atoms with E-state index in [0.717, 1.165) is 39.3 Å². The quantitative estimate of drug-likeness (QED) is 0.380. The molecule has 2 aliphatic rings. The van der Waals surface area contributed by atoms with E-state index in [1.807, 2.05) is 52.0 Å². The Morgan fingerprint density at radius 1 is 0.722 bits per heavy atom. The van der Waals surface area contributed by atoms with Gasteiger partial charge in [0.15, 0.2) is 0 Å². The zero-order valence-electron chi connectivity index (χ0n) is 22.4. The lowest BCUT2D eigenvalue weighted by atomic mass is 9.78. The molecule has 186 valence electrons. The Hall–Kier alpha value is -3.40. The van der Waals surface area contributed by atoms with E-state index in [0.29, 0.717) is 12.8 Å². The first-order valence-electron chi connectivity index (χ1n) is 12.8. The van der Waals surface area contributed by atoms with E-state index in [1.54, 1.807) is 0 Å². The van der Waals surface area contributed by atoms with E-state index in [2.05, 4.69) is 45.0 Å². The van der Waals surface area contributed by atoms with Crippen molar-refractivity contribution in [1.82, 2.24) is 0 Å². The number of anilines is 1. The smallest absolute Gasteiger partial charge is 0.234 e. The summed E-state index contributed by atoms with van der Waals surface area (Å²) < 4.78 is 6.58. The highest BCUT2D eigenvalue weighted by molar-refractivity contribution is 6.18. The molecule has 1 fully saturated rings. The van der Waals surface area contributed by atoms with Crippen LogP contribution < -0.4 is 9.64 Å². The van der Waals surface area contributed by atoms with Crippen molar-refractivity contribution >= 4 is 17.5 Å². The zero-order chi connectivity index (χ0) is 25.9. The number of imide groups is 1. The van der Waals surface area contributed by atoms with E-state index >= 15 is 0 Å². The number of ether oxygens (including phenoxy) is 1. The lowest BCUT2D eigenvalue weighted by Gasteiger charge is -2.33. The summed E-state index contributed by atoms with van der Waals surface area (Å²) in [6.45, 7) is 14.4. The number of rotatable bonds is 3. The lowest BCUT2D eigenvalue weighted by molar-refractivity contribution is -0.129. The number of carbonyl (C=O) groups excluding carboxylic acids is 2. The molecule has 3 aromatic carbocycles. The Morgan fingerprint density at radius 2 is 1.22 bits per heavy atom. The predicted molar refractivity (Wildman–Crippen MR) is 144 cm³/mol. The van der Waals surface area contributed by atoms with Gasteiger partial charge >= 0.3 is 0 Å². The molecule has 2 amide bonds. The van der Waals surface area contributed by atoms with Gasteiger partial charge < -0.3 is 4.74 Å². The van der Waals surface area contributed by atoms with Crippen LogP contribution in [0.4, 0.5) is 5.69 Å². The molecular weight excluding hydrogens is 446 g/mol. The second kappa shape index (κ2) is 8.62. The highest BCUT2D eigenvalue weighted by atomic mass is 16.5. The maximum absolute atomic E-state index is 13.6. The number of hydrogen-bond acceptors (Lipinski definition) is 3. The fraction of sp³-hybridized carbons (Fsp3) is 0.375. The minimum atomic E-state index is -0.454. The standard InChI is InChI=1S/C32H35NO3/c1-18-8-12-23(13-9-18)25-16-26(34)33(27(35)17-25)30-20(3)21(4)31-28(22(30)5)29(32(6,7)36-31)24-14-10-19(2)11-15-24/h8-15,25,29H,16-17H2,1-7H3/t29-/m1/s1. The third kappa shape index (κ3) is 3.84. The molecule has 4 nitrogen and oxygen atoms in total. The van der Waals surface area contributed by atoms with E-state index in [-0.39, 0.29) is 23.7 Å². The largest absolute Gasteiger partial charge is 0.486 e. The van der Waals surface area contributed by atoms with Gasteiger partial charge in [-0.15, -0.1) is 0 Å². The summed E-state index contributed by atoms with van der Waals surface area (Å²) >= 11 is 0. The summed E-state index contributed by atoms with van der Waals surface area (Å²) in [5, 5.41) is 0. The van der Waals surface area contributed by atoms with E-state index < -0.39 is 5.60 Å². The van der Waals surface area contributed by atoms with Crippen LogP contribution in [0.1, 0.15) is 83.0 Å². The SMILES string of the molecule is Cc1ccc(C2CC(=O)N(c3c(C)c(C)c4c(c3C)[C@@H](c3ccc(C)cc3)C(C)(C)O4)C(=O)C2)cc1. The second-order valence-corrected chi connectivity index (χ2v) is 11.2. The summed E-state index contributed by atoms with van der Waals surface area (Å²) in [6.07, 6.45) is 0.653. The number of piperidine rings is 1. The normalized spacial score (nSPS) is 19.4. The highest BCUT2D eigenvalue weighted by Gasteiger charge is 2.46. The molecule has 0 aliphatic carbocycles. The summed E-state index contributed by atoms with van der Waals surface area (Å²) in [6, 6.07) is 16.8. The molecule has 0 unspecified atom stereocenters. The van der Waals surface area contributed by atoms with Crippen molar-refractivity contribution in [3.05, 3.63) is 93.0 Å². The number of fused-ring (bicyclic) bond motifs is 1. The minimum absolute atomic E-state index is 0.00134. The number of benzene rings is 3. The van der Waals surface area contributed by atoms with Crippen LogP contribution in [0.25, 0.3) is 0 Å². The number of aryl methyl sites for hydroxylation is 2. The van der Waals surface area contributed by atoms with Gasteiger partial charge in [0.2, 0.25) is 11.8 Å². The first-order valence-corrected chi connectivity index (χ1v) is 12.8. The Labute approximate surface area is 214 Å². The van der Waals surface area contributed by atoms with E-state index in [4.69, 9.17) is 4.74 Å². The average molecular weight is 482 g/mol. The van der Waals surface area contributed by atoms with Gasteiger partial charge in [-0.1, -0.05) is 59.7 Å². The Bertz CT molecular complexity index is 1350. The molecule has 0 radical (unpaired) electrons. The third-order valence-corrected chi connectivity index (χ3v) is 8.14. The van der Waals surface area contributed by atoms with Crippen LogP contribution in [0.5, 0.6) is 5.75 Å². The van der Waals surface area contributed by atoms with Crippen LogP contribution in [-0.4, -0.2) is 17.4 Å². The Balaban J connectivity index is 1.59. The topological polar surface area (TPSA) is 46.6 Å². The van der Waals surface area contributed by atoms with Gasteiger partial charge in [0.1, 0.15) is 11.4 Å². The average Bonchev–Trinajstić information content (AvgIpc) is 3.11. The lowest BCUT2D eigenvalue weighted by Crippen LogP contribution is -2.43. The second-order valence-electron chi connectivity index (χ2n) is 11.2. The molecule has 3 aromatic rings. The van der Waals surface area contributed by atoms with Crippen LogP contribution in [-0.2, 0) is 9.59 Å². The number of amides is 2. The number of carbonyl (C=O) groups is 2. The van der Waals surface area contributed by atoms with Gasteiger partial charge in [-0.05, 0) is 76.3 Å². The Morgan fingerprint density at radius 3 is 1.75 bits per heavy atom. The van der Waals surface area contributed by atoms with Crippen LogP contribution in [0.15, 0.2) is 48.5 Å². The van der Waals surface area contributed by atoms with Crippen molar-refractivity contribution in [3.63, 3.8) is 0 Å². The maximum Gasteiger partial charge on any atom is 0.234 e. The number of hydrogen-bond donors (Lipinski definition) is 0. The van der Waals surface area contributed by atoms with Crippen molar-refractivity contribution in [2.45, 2.75) is 78.7 Å². The minimum Gasteiger partial charge on any atom is -0.486 e. The van der Waals surface area contributed by atoms with Crippen LogP contribution in [0.2, 0.25) is 0 Å². The fourth-order valence-electron chi connectivity index (χ4n) is 6.08. The van der Waals surface area contributed by atoms with Crippen LogP contribution >= 0.6 is 0 Å². The van der Waals surface area contributed by atoms with Crippen molar-refractivity contribution in [3.8, 4) is 5.75 Å². The molecule has 1 atom stereocenters. The van der Waals surface area contributed by atoms with Gasteiger partial charge in [0, 0.05) is 24.3 Å².